The number of nitrogens with one attached hydrogen (secondary N) is 1. The normalized spacial score (nSPS) is 11.8. The SMILES string of the molecule is Cc1cccc(OC(C)C(=O)Nc2ccc(CN)cc2)c1C. The Kier molecular flexibility index (Phi) is 5.17. The van der Waals surface area contributed by atoms with Crippen LogP contribution in [0.3, 0.4) is 0 Å². The minimum absolute atomic E-state index is 0.179. The highest BCUT2D eigenvalue weighted by molar-refractivity contribution is 5.94. The van der Waals surface area contributed by atoms with Crippen molar-refractivity contribution in [2.24, 2.45) is 5.73 Å². The number of ether oxygens (including phenoxy) is 1. The smallest absolute Gasteiger partial charge is 0.265 e. The number of rotatable bonds is 5. The van der Waals surface area contributed by atoms with Crippen LogP contribution in [0, 0.1) is 13.8 Å². The molecule has 2 rings (SSSR count). The highest BCUT2D eigenvalue weighted by Crippen LogP contribution is 2.22. The molecule has 116 valence electrons. The van der Waals surface area contributed by atoms with E-state index < -0.39 is 6.10 Å². The Hall–Kier alpha value is -2.33. The number of anilines is 1. The lowest BCUT2D eigenvalue weighted by atomic mass is 10.1. The van der Waals surface area contributed by atoms with Crippen molar-refractivity contribution in [1.29, 1.82) is 0 Å². The molecule has 2 aromatic rings. The molecule has 0 aliphatic rings. The molecule has 0 fully saturated rings. The Morgan fingerprint density at radius 1 is 1.18 bits per heavy atom. The van der Waals surface area contributed by atoms with Gasteiger partial charge in [0, 0.05) is 12.2 Å². The summed E-state index contributed by atoms with van der Waals surface area (Å²) in [6.45, 7) is 6.23. The second-order valence-corrected chi connectivity index (χ2v) is 5.35. The zero-order valence-corrected chi connectivity index (χ0v) is 13.2. The van der Waals surface area contributed by atoms with Crippen LogP contribution in [0.2, 0.25) is 0 Å². The van der Waals surface area contributed by atoms with Crippen LogP contribution in [-0.2, 0) is 11.3 Å². The Morgan fingerprint density at radius 3 is 2.50 bits per heavy atom. The summed E-state index contributed by atoms with van der Waals surface area (Å²) in [5.74, 6) is 0.558. The Bertz CT molecular complexity index is 651. The summed E-state index contributed by atoms with van der Waals surface area (Å²) in [4.78, 5) is 12.2. The van der Waals surface area contributed by atoms with Crippen LogP contribution in [0.25, 0.3) is 0 Å². The van der Waals surface area contributed by atoms with Crippen molar-refractivity contribution < 1.29 is 9.53 Å². The van der Waals surface area contributed by atoms with Gasteiger partial charge in [0.15, 0.2) is 6.10 Å². The van der Waals surface area contributed by atoms with Gasteiger partial charge in [0.05, 0.1) is 0 Å². The minimum Gasteiger partial charge on any atom is -0.481 e. The van der Waals surface area contributed by atoms with Crippen molar-refractivity contribution in [1.82, 2.24) is 0 Å². The third-order valence-electron chi connectivity index (χ3n) is 3.69. The standard InChI is InChI=1S/C18H22N2O2/c1-12-5-4-6-17(13(12)2)22-14(3)18(21)20-16-9-7-15(11-19)8-10-16/h4-10,14H,11,19H2,1-3H3,(H,20,21). The summed E-state index contributed by atoms with van der Waals surface area (Å²) >= 11 is 0. The van der Waals surface area contributed by atoms with E-state index >= 15 is 0 Å². The van der Waals surface area contributed by atoms with Crippen LogP contribution in [0.5, 0.6) is 5.75 Å². The van der Waals surface area contributed by atoms with E-state index in [1.54, 1.807) is 6.92 Å². The molecule has 0 aromatic heterocycles. The fourth-order valence-corrected chi connectivity index (χ4v) is 2.06. The van der Waals surface area contributed by atoms with Crippen LogP contribution in [-0.4, -0.2) is 12.0 Å². The molecule has 1 unspecified atom stereocenters. The van der Waals surface area contributed by atoms with Crippen LogP contribution in [0.4, 0.5) is 5.69 Å². The quantitative estimate of drug-likeness (QED) is 0.891. The molecule has 0 radical (unpaired) electrons. The lowest BCUT2D eigenvalue weighted by Crippen LogP contribution is -2.30. The van der Waals surface area contributed by atoms with Crippen LogP contribution in [0.15, 0.2) is 42.5 Å². The van der Waals surface area contributed by atoms with Gasteiger partial charge in [0.1, 0.15) is 5.75 Å². The molecule has 3 N–H and O–H groups in total. The first-order valence-corrected chi connectivity index (χ1v) is 7.34. The first kappa shape index (κ1) is 16.0. The maximum absolute atomic E-state index is 12.2. The van der Waals surface area contributed by atoms with Gasteiger partial charge in [-0.05, 0) is 55.7 Å². The van der Waals surface area contributed by atoms with Gasteiger partial charge in [-0.15, -0.1) is 0 Å². The Balaban J connectivity index is 2.01. The van der Waals surface area contributed by atoms with E-state index in [2.05, 4.69) is 5.32 Å². The fraction of sp³-hybridized carbons (Fsp3) is 0.278. The topological polar surface area (TPSA) is 64.3 Å². The lowest BCUT2D eigenvalue weighted by Gasteiger charge is -2.17. The summed E-state index contributed by atoms with van der Waals surface area (Å²) in [6.07, 6.45) is -0.574. The van der Waals surface area contributed by atoms with E-state index in [0.717, 1.165) is 28.1 Å². The molecule has 4 heteroatoms. The third kappa shape index (κ3) is 3.86. The number of aryl methyl sites for hydroxylation is 1. The van der Waals surface area contributed by atoms with Gasteiger partial charge in [-0.1, -0.05) is 24.3 Å². The van der Waals surface area contributed by atoms with Crippen LogP contribution in [0.1, 0.15) is 23.6 Å². The second-order valence-electron chi connectivity index (χ2n) is 5.35. The molecule has 0 saturated carbocycles. The maximum Gasteiger partial charge on any atom is 0.265 e. The van der Waals surface area contributed by atoms with Gasteiger partial charge < -0.3 is 15.8 Å². The molecule has 0 saturated heterocycles. The maximum atomic E-state index is 12.2. The van der Waals surface area contributed by atoms with Crippen molar-refractivity contribution in [2.45, 2.75) is 33.4 Å². The molecule has 0 heterocycles. The molecule has 0 spiro atoms. The average molecular weight is 298 g/mol. The molecule has 1 atom stereocenters. The van der Waals surface area contributed by atoms with Gasteiger partial charge >= 0.3 is 0 Å². The Labute approximate surface area is 131 Å². The highest BCUT2D eigenvalue weighted by Gasteiger charge is 2.16. The molecule has 4 nitrogen and oxygen atoms in total. The van der Waals surface area contributed by atoms with E-state index in [1.807, 2.05) is 56.3 Å². The van der Waals surface area contributed by atoms with E-state index in [1.165, 1.54) is 0 Å². The zero-order chi connectivity index (χ0) is 16.1. The number of carbonyl (C=O) groups is 1. The van der Waals surface area contributed by atoms with Gasteiger partial charge in [0.25, 0.3) is 5.91 Å². The molecular formula is C18H22N2O2. The van der Waals surface area contributed by atoms with E-state index in [4.69, 9.17) is 10.5 Å². The fourth-order valence-electron chi connectivity index (χ4n) is 2.06. The number of carbonyl (C=O) groups excluding carboxylic acids is 1. The Morgan fingerprint density at radius 2 is 1.86 bits per heavy atom. The molecule has 1 amide bonds. The molecule has 0 aliphatic heterocycles. The number of nitrogens with two attached hydrogens (primary N) is 1. The second kappa shape index (κ2) is 7.09. The molecular weight excluding hydrogens is 276 g/mol. The first-order valence-electron chi connectivity index (χ1n) is 7.34. The molecule has 0 bridgehead atoms. The number of hydrogen-bond acceptors (Lipinski definition) is 3. The zero-order valence-electron chi connectivity index (χ0n) is 13.2. The summed E-state index contributed by atoms with van der Waals surface area (Å²) in [6, 6.07) is 13.3. The summed E-state index contributed by atoms with van der Waals surface area (Å²) in [5.41, 5.74) is 9.51. The summed E-state index contributed by atoms with van der Waals surface area (Å²) in [5, 5.41) is 2.84. The first-order chi connectivity index (χ1) is 10.5. The minimum atomic E-state index is -0.574. The van der Waals surface area contributed by atoms with Gasteiger partial charge in [0.2, 0.25) is 0 Å². The predicted octanol–water partition coefficient (Wildman–Crippen LogP) is 3.17. The molecule has 22 heavy (non-hydrogen) atoms. The third-order valence-corrected chi connectivity index (χ3v) is 3.69. The van der Waals surface area contributed by atoms with Gasteiger partial charge in [-0.25, -0.2) is 0 Å². The van der Waals surface area contributed by atoms with Crippen LogP contribution >= 0.6 is 0 Å². The monoisotopic (exact) mass is 298 g/mol. The molecule has 0 aliphatic carbocycles. The van der Waals surface area contributed by atoms with E-state index in [-0.39, 0.29) is 5.91 Å². The summed E-state index contributed by atoms with van der Waals surface area (Å²) in [7, 11) is 0. The number of hydrogen-bond donors (Lipinski definition) is 2. The van der Waals surface area contributed by atoms with Crippen molar-refractivity contribution in [3.05, 3.63) is 59.2 Å². The van der Waals surface area contributed by atoms with Gasteiger partial charge in [-0.2, -0.15) is 0 Å². The van der Waals surface area contributed by atoms with Crippen molar-refractivity contribution in [3.63, 3.8) is 0 Å². The molecule has 2 aromatic carbocycles. The predicted molar refractivity (Wildman–Crippen MR) is 89.0 cm³/mol. The lowest BCUT2D eigenvalue weighted by molar-refractivity contribution is -0.122. The number of amides is 1. The average Bonchev–Trinajstić information content (AvgIpc) is 2.52. The van der Waals surface area contributed by atoms with E-state index in [0.29, 0.717) is 6.54 Å². The largest absolute Gasteiger partial charge is 0.481 e. The van der Waals surface area contributed by atoms with E-state index in [9.17, 15) is 4.79 Å². The van der Waals surface area contributed by atoms with Crippen molar-refractivity contribution in [2.75, 3.05) is 5.32 Å². The van der Waals surface area contributed by atoms with Crippen molar-refractivity contribution >= 4 is 11.6 Å². The number of benzene rings is 2. The van der Waals surface area contributed by atoms with Crippen molar-refractivity contribution in [3.8, 4) is 5.75 Å². The highest BCUT2D eigenvalue weighted by atomic mass is 16.5. The van der Waals surface area contributed by atoms with Gasteiger partial charge in [-0.3, -0.25) is 4.79 Å². The summed E-state index contributed by atoms with van der Waals surface area (Å²) < 4.78 is 5.77. The van der Waals surface area contributed by atoms with Crippen LogP contribution < -0.4 is 15.8 Å².